The van der Waals surface area contributed by atoms with Crippen LogP contribution >= 0.6 is 0 Å². The Morgan fingerprint density at radius 3 is 2.44 bits per heavy atom. The molecule has 1 aliphatic heterocycles. The first kappa shape index (κ1) is 15.4. The van der Waals surface area contributed by atoms with Crippen molar-refractivity contribution < 1.29 is 13.3 Å². The summed E-state index contributed by atoms with van der Waals surface area (Å²) in [7, 11) is -2.78. The lowest BCUT2D eigenvalue weighted by Crippen LogP contribution is -2.41. The van der Waals surface area contributed by atoms with Crippen molar-refractivity contribution in [3.63, 3.8) is 0 Å². The topological polar surface area (TPSA) is 59.0 Å². The summed E-state index contributed by atoms with van der Waals surface area (Å²) in [6.45, 7) is 8.75. The summed E-state index contributed by atoms with van der Waals surface area (Å²) in [6.07, 6.45) is 0.902. The monoisotopic (exact) mass is 276 g/mol. The predicted octanol–water partition coefficient (Wildman–Crippen LogP) is 1.16. The smallest absolute Gasteiger partial charge is 0.152 e. The number of rotatable bonds is 6. The van der Waals surface area contributed by atoms with Crippen molar-refractivity contribution in [1.82, 2.24) is 4.90 Å². The molecule has 0 atom stereocenters. The molecule has 0 amide bonds. The second kappa shape index (κ2) is 7.09. The van der Waals surface area contributed by atoms with Crippen LogP contribution in [0.3, 0.4) is 0 Å². The highest BCUT2D eigenvalue weighted by atomic mass is 32.2. The summed E-state index contributed by atoms with van der Waals surface area (Å²) < 4.78 is 22.5. The minimum Gasteiger partial charge on any atom is -0.394 e. The third kappa shape index (κ3) is 5.35. The minimum atomic E-state index is -2.78. The molecule has 106 valence electrons. The first-order valence-electron chi connectivity index (χ1n) is 6.56. The Kier molecular flexibility index (Phi) is 6.08. The number of nitrogens with zero attached hydrogens (tertiary/aromatic N) is 2. The molecule has 18 heavy (non-hydrogen) atoms. The zero-order valence-electron chi connectivity index (χ0n) is 11.6. The number of hydrogen-bond donors (Lipinski definition) is 0. The molecule has 1 saturated heterocycles. The molecule has 0 radical (unpaired) electrons. The summed E-state index contributed by atoms with van der Waals surface area (Å²) in [6, 6.07) is 0. The number of oxime groups is 1. The van der Waals surface area contributed by atoms with Gasteiger partial charge in [-0.3, -0.25) is 4.90 Å². The van der Waals surface area contributed by atoms with Gasteiger partial charge in [-0.25, -0.2) is 8.42 Å². The van der Waals surface area contributed by atoms with Crippen molar-refractivity contribution in [2.75, 3.05) is 37.7 Å². The van der Waals surface area contributed by atoms with Gasteiger partial charge in [0.2, 0.25) is 0 Å². The molecule has 0 aromatic heterocycles. The highest BCUT2D eigenvalue weighted by molar-refractivity contribution is 7.91. The fourth-order valence-corrected chi connectivity index (χ4v) is 3.13. The fourth-order valence-electron chi connectivity index (χ4n) is 1.85. The Hall–Kier alpha value is -0.620. The lowest BCUT2D eigenvalue weighted by molar-refractivity contribution is 0.112. The van der Waals surface area contributed by atoms with Gasteiger partial charge in [0.25, 0.3) is 0 Å². The molecule has 1 aliphatic rings. The highest BCUT2D eigenvalue weighted by Gasteiger charge is 2.21. The van der Waals surface area contributed by atoms with E-state index in [9.17, 15) is 8.42 Å². The Balaban J connectivity index is 2.23. The van der Waals surface area contributed by atoms with Crippen molar-refractivity contribution in [2.45, 2.75) is 27.2 Å². The van der Waals surface area contributed by atoms with E-state index in [-0.39, 0.29) is 11.5 Å². The van der Waals surface area contributed by atoms with Gasteiger partial charge in [0.05, 0.1) is 17.2 Å². The number of hydrogen-bond acceptors (Lipinski definition) is 5. The van der Waals surface area contributed by atoms with Crippen LogP contribution in [0, 0.1) is 5.92 Å². The summed E-state index contributed by atoms with van der Waals surface area (Å²) in [5, 5.41) is 4.13. The van der Waals surface area contributed by atoms with E-state index in [4.69, 9.17) is 4.84 Å². The molecule has 0 aromatic carbocycles. The van der Waals surface area contributed by atoms with Crippen molar-refractivity contribution in [3.05, 3.63) is 0 Å². The molecule has 0 aromatic rings. The van der Waals surface area contributed by atoms with Crippen LogP contribution in [0.5, 0.6) is 0 Å². The van der Waals surface area contributed by atoms with E-state index in [1.165, 1.54) is 0 Å². The lowest BCUT2D eigenvalue weighted by atomic mass is 10.1. The Bertz CT molecular complexity index is 363. The molecule has 5 nitrogen and oxygen atoms in total. The maximum Gasteiger partial charge on any atom is 0.152 e. The van der Waals surface area contributed by atoms with Crippen LogP contribution < -0.4 is 0 Å². The van der Waals surface area contributed by atoms with E-state index >= 15 is 0 Å². The summed E-state index contributed by atoms with van der Waals surface area (Å²) in [5.41, 5.74) is 1.07. The van der Waals surface area contributed by atoms with Gasteiger partial charge in [0, 0.05) is 19.6 Å². The van der Waals surface area contributed by atoms with Crippen molar-refractivity contribution >= 4 is 15.5 Å². The van der Waals surface area contributed by atoms with Gasteiger partial charge in [0.15, 0.2) is 9.84 Å². The summed E-state index contributed by atoms with van der Waals surface area (Å²) in [5.74, 6) is 0.945. The van der Waals surface area contributed by atoms with Crippen LogP contribution in [0.4, 0.5) is 0 Å². The van der Waals surface area contributed by atoms with E-state index < -0.39 is 9.84 Å². The molecule has 0 saturated carbocycles. The van der Waals surface area contributed by atoms with Gasteiger partial charge in [-0.15, -0.1) is 0 Å². The molecule has 1 rings (SSSR count). The highest BCUT2D eigenvalue weighted by Crippen LogP contribution is 2.04. The normalized spacial score (nSPS) is 21.2. The standard InChI is InChI=1S/C12H24N2O3S/c1-4-12(11(2)3)13-17-8-5-14-6-9-18(15,16)10-7-14/h11H,4-10H2,1-3H3/b13-12+. The maximum atomic E-state index is 11.2. The fraction of sp³-hybridized carbons (Fsp3) is 0.917. The third-order valence-corrected chi connectivity index (χ3v) is 4.76. The van der Waals surface area contributed by atoms with Crippen molar-refractivity contribution in [3.8, 4) is 0 Å². The Morgan fingerprint density at radius 2 is 1.94 bits per heavy atom. The van der Waals surface area contributed by atoms with Gasteiger partial charge < -0.3 is 4.84 Å². The first-order valence-corrected chi connectivity index (χ1v) is 8.38. The predicted molar refractivity (Wildman–Crippen MR) is 73.6 cm³/mol. The second-order valence-corrected chi connectivity index (χ2v) is 7.22. The lowest BCUT2D eigenvalue weighted by Gasteiger charge is -2.25. The molecule has 6 heteroatoms. The average molecular weight is 276 g/mol. The average Bonchev–Trinajstić information content (AvgIpc) is 2.30. The molecule has 1 heterocycles. The van der Waals surface area contributed by atoms with Gasteiger partial charge in [-0.2, -0.15) is 0 Å². The first-order chi connectivity index (χ1) is 8.44. The molecule has 0 spiro atoms. The quantitative estimate of drug-likeness (QED) is 0.415. The van der Waals surface area contributed by atoms with Crippen LogP contribution in [0.15, 0.2) is 5.16 Å². The Morgan fingerprint density at radius 1 is 1.33 bits per heavy atom. The van der Waals surface area contributed by atoms with E-state index in [0.29, 0.717) is 25.6 Å². The van der Waals surface area contributed by atoms with Crippen molar-refractivity contribution in [2.24, 2.45) is 11.1 Å². The summed E-state index contributed by atoms with van der Waals surface area (Å²) in [4.78, 5) is 7.41. The SMILES string of the molecule is CC/C(=N\OCCN1CCS(=O)(=O)CC1)C(C)C. The van der Waals surface area contributed by atoms with Crippen LogP contribution in [0.2, 0.25) is 0 Å². The van der Waals surface area contributed by atoms with Crippen LogP contribution in [0.25, 0.3) is 0 Å². The van der Waals surface area contributed by atoms with Gasteiger partial charge in [-0.05, 0) is 12.3 Å². The van der Waals surface area contributed by atoms with Crippen molar-refractivity contribution in [1.29, 1.82) is 0 Å². The maximum absolute atomic E-state index is 11.2. The molecule has 0 bridgehead atoms. The van der Waals surface area contributed by atoms with Gasteiger partial charge >= 0.3 is 0 Å². The van der Waals surface area contributed by atoms with E-state index in [1.54, 1.807) is 0 Å². The third-order valence-electron chi connectivity index (χ3n) is 3.15. The molecular formula is C12H24N2O3S. The molecule has 0 aliphatic carbocycles. The van der Waals surface area contributed by atoms with Gasteiger partial charge in [0.1, 0.15) is 6.61 Å². The molecule has 0 unspecified atom stereocenters. The van der Waals surface area contributed by atoms with Gasteiger partial charge in [-0.1, -0.05) is 25.9 Å². The zero-order chi connectivity index (χ0) is 13.6. The number of sulfone groups is 1. The molecular weight excluding hydrogens is 252 g/mol. The molecule has 0 N–H and O–H groups in total. The second-order valence-electron chi connectivity index (χ2n) is 4.92. The van der Waals surface area contributed by atoms with Crippen LogP contribution in [0.1, 0.15) is 27.2 Å². The minimum absolute atomic E-state index is 0.266. The Labute approximate surface area is 110 Å². The van der Waals surface area contributed by atoms with Crippen LogP contribution in [-0.4, -0.2) is 56.8 Å². The molecule has 1 fully saturated rings. The summed E-state index contributed by atoms with van der Waals surface area (Å²) >= 11 is 0. The van der Waals surface area contributed by atoms with E-state index in [2.05, 4.69) is 30.8 Å². The zero-order valence-corrected chi connectivity index (χ0v) is 12.4. The van der Waals surface area contributed by atoms with E-state index in [1.807, 2.05) is 0 Å². The van der Waals surface area contributed by atoms with Crippen LogP contribution in [-0.2, 0) is 14.7 Å². The van der Waals surface area contributed by atoms with E-state index in [0.717, 1.165) is 18.7 Å². The largest absolute Gasteiger partial charge is 0.394 e.